The van der Waals surface area contributed by atoms with Gasteiger partial charge in [-0.3, -0.25) is 4.57 Å². The van der Waals surface area contributed by atoms with Gasteiger partial charge in [0.15, 0.2) is 17.7 Å². The van der Waals surface area contributed by atoms with Crippen molar-refractivity contribution in [3.8, 4) is 0 Å². The molecule has 1 aliphatic heterocycles. The monoisotopic (exact) mass is 278 g/mol. The molecule has 3 N–H and O–H groups in total. The Morgan fingerprint density at radius 3 is 2.80 bits per heavy atom. The SMILES string of the molecule is C=Cc1ncc2ncn(C3OC(CO)C(O)C3O)c2n1. The Hall–Kier alpha value is -1.87. The van der Waals surface area contributed by atoms with Gasteiger partial charge in [0.1, 0.15) is 23.8 Å². The van der Waals surface area contributed by atoms with E-state index < -0.39 is 24.5 Å². The molecular weight excluding hydrogens is 264 g/mol. The highest BCUT2D eigenvalue weighted by molar-refractivity contribution is 5.70. The average Bonchev–Trinajstić information content (AvgIpc) is 3.01. The first-order valence-corrected chi connectivity index (χ1v) is 6.10. The molecule has 20 heavy (non-hydrogen) atoms. The molecule has 2 aromatic heterocycles. The van der Waals surface area contributed by atoms with E-state index >= 15 is 0 Å². The Balaban J connectivity index is 2.04. The van der Waals surface area contributed by atoms with Crippen LogP contribution in [0.4, 0.5) is 0 Å². The van der Waals surface area contributed by atoms with Crippen LogP contribution in [0.25, 0.3) is 17.2 Å². The minimum atomic E-state index is -1.17. The molecule has 1 saturated heterocycles. The molecule has 3 rings (SSSR count). The van der Waals surface area contributed by atoms with Crippen LogP contribution in [0.1, 0.15) is 12.1 Å². The number of aromatic nitrogens is 4. The predicted molar refractivity (Wildman–Crippen MR) is 68.4 cm³/mol. The van der Waals surface area contributed by atoms with E-state index in [9.17, 15) is 10.2 Å². The summed E-state index contributed by atoms with van der Waals surface area (Å²) in [7, 11) is 0. The topological polar surface area (TPSA) is 114 Å². The zero-order valence-corrected chi connectivity index (χ0v) is 10.5. The lowest BCUT2D eigenvalue weighted by Gasteiger charge is -2.16. The summed E-state index contributed by atoms with van der Waals surface area (Å²) in [5, 5.41) is 28.9. The Morgan fingerprint density at radius 2 is 2.15 bits per heavy atom. The molecule has 0 radical (unpaired) electrons. The van der Waals surface area contributed by atoms with Crippen molar-refractivity contribution in [2.24, 2.45) is 0 Å². The van der Waals surface area contributed by atoms with Gasteiger partial charge in [-0.15, -0.1) is 0 Å². The molecule has 1 aliphatic rings. The summed E-state index contributed by atoms with van der Waals surface area (Å²) in [6.45, 7) is 3.21. The zero-order valence-electron chi connectivity index (χ0n) is 10.5. The maximum Gasteiger partial charge on any atom is 0.166 e. The molecule has 8 heteroatoms. The Bertz CT molecular complexity index is 643. The lowest BCUT2D eigenvalue weighted by Crippen LogP contribution is -2.33. The summed E-state index contributed by atoms with van der Waals surface area (Å²) in [4.78, 5) is 12.4. The molecule has 1 fully saturated rings. The number of imidazole rings is 1. The standard InChI is InChI=1S/C12H14N4O4/c1-2-8-13-3-6-11(15-8)16(5-14-6)12-10(19)9(18)7(4-17)20-12/h2-3,5,7,9-10,12,17-19H,1,4H2. The molecule has 106 valence electrons. The van der Waals surface area contributed by atoms with Crippen molar-refractivity contribution in [2.75, 3.05) is 6.61 Å². The van der Waals surface area contributed by atoms with Crippen LogP contribution in [0.15, 0.2) is 19.1 Å². The number of nitrogens with zero attached hydrogens (tertiary/aromatic N) is 4. The van der Waals surface area contributed by atoms with Crippen LogP contribution in [0.3, 0.4) is 0 Å². The fourth-order valence-electron chi connectivity index (χ4n) is 2.23. The van der Waals surface area contributed by atoms with Gasteiger partial charge in [0, 0.05) is 0 Å². The van der Waals surface area contributed by atoms with Gasteiger partial charge in [-0.1, -0.05) is 6.58 Å². The van der Waals surface area contributed by atoms with Gasteiger partial charge in [0.2, 0.25) is 0 Å². The lowest BCUT2D eigenvalue weighted by atomic mass is 10.1. The first-order valence-electron chi connectivity index (χ1n) is 6.10. The van der Waals surface area contributed by atoms with Gasteiger partial charge < -0.3 is 20.1 Å². The number of ether oxygens (including phenoxy) is 1. The third kappa shape index (κ3) is 1.90. The summed E-state index contributed by atoms with van der Waals surface area (Å²) in [5.41, 5.74) is 0.998. The first-order chi connectivity index (χ1) is 9.65. The second kappa shape index (κ2) is 4.91. The summed E-state index contributed by atoms with van der Waals surface area (Å²) in [5.74, 6) is 0.422. The van der Waals surface area contributed by atoms with E-state index in [-0.39, 0.29) is 6.61 Å². The van der Waals surface area contributed by atoms with Crippen molar-refractivity contribution in [3.05, 3.63) is 24.9 Å². The van der Waals surface area contributed by atoms with E-state index in [2.05, 4.69) is 21.5 Å². The quantitative estimate of drug-likeness (QED) is 0.665. The normalized spacial score (nSPS) is 29.9. The van der Waals surface area contributed by atoms with Crippen LogP contribution in [-0.4, -0.2) is 59.8 Å². The largest absolute Gasteiger partial charge is 0.394 e. The molecule has 8 nitrogen and oxygen atoms in total. The van der Waals surface area contributed by atoms with Gasteiger partial charge in [-0.25, -0.2) is 15.0 Å². The van der Waals surface area contributed by atoms with Crippen molar-refractivity contribution in [2.45, 2.75) is 24.5 Å². The first kappa shape index (κ1) is 13.1. The van der Waals surface area contributed by atoms with Crippen LogP contribution >= 0.6 is 0 Å². The fraction of sp³-hybridized carbons (Fsp3) is 0.417. The molecule has 0 aliphatic carbocycles. The van der Waals surface area contributed by atoms with Crippen molar-refractivity contribution in [1.29, 1.82) is 0 Å². The van der Waals surface area contributed by atoms with Crippen LogP contribution < -0.4 is 0 Å². The molecule has 0 aromatic carbocycles. The number of rotatable bonds is 3. The van der Waals surface area contributed by atoms with Crippen LogP contribution in [-0.2, 0) is 4.74 Å². The molecule has 0 saturated carbocycles. The Labute approximate surface area is 114 Å². The number of aliphatic hydroxyl groups excluding tert-OH is 3. The number of aliphatic hydroxyl groups is 3. The summed E-state index contributed by atoms with van der Waals surface area (Å²) in [6.07, 6.45) is 0.445. The summed E-state index contributed by atoms with van der Waals surface area (Å²) >= 11 is 0. The molecule has 0 bridgehead atoms. The Kier molecular flexibility index (Phi) is 3.22. The minimum Gasteiger partial charge on any atom is -0.394 e. The van der Waals surface area contributed by atoms with E-state index in [1.807, 2.05) is 0 Å². The predicted octanol–water partition coefficient (Wildman–Crippen LogP) is -0.919. The van der Waals surface area contributed by atoms with E-state index in [4.69, 9.17) is 9.84 Å². The molecule has 3 heterocycles. The molecule has 0 spiro atoms. The molecule has 0 amide bonds. The maximum absolute atomic E-state index is 10.0. The number of hydrogen-bond acceptors (Lipinski definition) is 7. The van der Waals surface area contributed by atoms with Gasteiger partial charge >= 0.3 is 0 Å². The average molecular weight is 278 g/mol. The Morgan fingerprint density at radius 1 is 1.35 bits per heavy atom. The van der Waals surface area contributed by atoms with E-state index in [0.717, 1.165) is 0 Å². The smallest absolute Gasteiger partial charge is 0.166 e. The van der Waals surface area contributed by atoms with E-state index in [1.165, 1.54) is 23.2 Å². The molecule has 4 unspecified atom stereocenters. The van der Waals surface area contributed by atoms with Gasteiger partial charge in [0.25, 0.3) is 0 Å². The van der Waals surface area contributed by atoms with Crippen LogP contribution in [0, 0.1) is 0 Å². The van der Waals surface area contributed by atoms with Crippen LogP contribution in [0.2, 0.25) is 0 Å². The second-order valence-electron chi connectivity index (χ2n) is 4.52. The third-order valence-corrected chi connectivity index (χ3v) is 3.31. The van der Waals surface area contributed by atoms with Crippen molar-refractivity contribution < 1.29 is 20.1 Å². The second-order valence-corrected chi connectivity index (χ2v) is 4.52. The third-order valence-electron chi connectivity index (χ3n) is 3.31. The summed E-state index contributed by atoms with van der Waals surface area (Å²) < 4.78 is 6.96. The van der Waals surface area contributed by atoms with Crippen molar-refractivity contribution in [3.63, 3.8) is 0 Å². The van der Waals surface area contributed by atoms with Gasteiger partial charge in [-0.05, 0) is 6.08 Å². The fourth-order valence-corrected chi connectivity index (χ4v) is 2.23. The van der Waals surface area contributed by atoms with Crippen LogP contribution in [0.5, 0.6) is 0 Å². The molecule has 2 aromatic rings. The highest BCUT2D eigenvalue weighted by atomic mass is 16.6. The van der Waals surface area contributed by atoms with Crippen molar-refractivity contribution >= 4 is 17.2 Å². The highest BCUT2D eigenvalue weighted by Gasteiger charge is 2.43. The maximum atomic E-state index is 10.0. The van der Waals surface area contributed by atoms with Gasteiger partial charge in [-0.2, -0.15) is 0 Å². The summed E-state index contributed by atoms with van der Waals surface area (Å²) in [6, 6.07) is 0. The minimum absolute atomic E-state index is 0.381. The zero-order chi connectivity index (χ0) is 14.3. The van der Waals surface area contributed by atoms with Crippen molar-refractivity contribution in [1.82, 2.24) is 19.5 Å². The highest BCUT2D eigenvalue weighted by Crippen LogP contribution is 2.31. The van der Waals surface area contributed by atoms with E-state index in [0.29, 0.717) is 17.0 Å². The number of fused-ring (bicyclic) bond motifs is 1. The lowest BCUT2D eigenvalue weighted by molar-refractivity contribution is -0.0511. The molecular formula is C12H14N4O4. The molecule has 4 atom stereocenters. The van der Waals surface area contributed by atoms with E-state index in [1.54, 1.807) is 0 Å². The number of hydrogen-bond donors (Lipinski definition) is 3. The van der Waals surface area contributed by atoms with Gasteiger partial charge in [0.05, 0.1) is 19.1 Å².